The summed E-state index contributed by atoms with van der Waals surface area (Å²) in [4.78, 5) is 0. The Morgan fingerprint density at radius 3 is 1.00 bits per heavy atom. The van der Waals surface area contributed by atoms with E-state index in [-0.39, 0.29) is 38.8 Å². The summed E-state index contributed by atoms with van der Waals surface area (Å²) >= 11 is 0. The minimum Gasteiger partial charge on any atom is -0.304 e. The fourth-order valence-electron chi connectivity index (χ4n) is 1.24. The lowest BCUT2D eigenvalue weighted by Gasteiger charge is -2.21. The van der Waals surface area contributed by atoms with E-state index in [9.17, 15) is 9.13 Å². The summed E-state index contributed by atoms with van der Waals surface area (Å²) in [5.41, 5.74) is 0. The summed E-state index contributed by atoms with van der Waals surface area (Å²) in [6, 6.07) is 0. The van der Waals surface area contributed by atoms with Crippen molar-refractivity contribution in [3.05, 3.63) is 50.6 Å². The predicted octanol–water partition coefficient (Wildman–Crippen LogP) is 4.18. The fraction of sp³-hybridized carbons (Fsp3) is 0.429. The maximum atomic E-state index is 12.5. The molecule has 0 atom stereocenters. The van der Waals surface area contributed by atoms with E-state index in [4.69, 9.17) is 18.1 Å². The molecule has 0 saturated heterocycles. The molecule has 0 amide bonds. The lowest BCUT2D eigenvalue weighted by atomic mass is 10.7. The molecular weight excluding hydrogens is 326 g/mol. The lowest BCUT2D eigenvalue weighted by molar-refractivity contribution is 0.228. The molecule has 0 heterocycles. The van der Waals surface area contributed by atoms with Crippen molar-refractivity contribution in [2.24, 2.45) is 0 Å². The van der Waals surface area contributed by atoms with Gasteiger partial charge in [-0.2, -0.15) is 0 Å². The largest absolute Gasteiger partial charge is 0.331 e. The van der Waals surface area contributed by atoms with Gasteiger partial charge in [0.05, 0.1) is 38.8 Å². The molecule has 0 radical (unpaired) electrons. The molecule has 0 aromatic rings. The van der Waals surface area contributed by atoms with Gasteiger partial charge < -0.3 is 18.1 Å². The quantitative estimate of drug-likeness (QED) is 0.326. The Labute approximate surface area is 132 Å². The highest BCUT2D eigenvalue weighted by Gasteiger charge is 2.32. The van der Waals surface area contributed by atoms with Crippen molar-refractivity contribution in [3.8, 4) is 0 Å². The molecule has 0 aromatic carbocycles. The van der Waals surface area contributed by atoms with Gasteiger partial charge in [-0.1, -0.05) is 24.3 Å². The van der Waals surface area contributed by atoms with E-state index in [1.54, 1.807) is 0 Å². The number of rotatable bonds is 15. The third-order valence-electron chi connectivity index (χ3n) is 2.20. The molecule has 0 aliphatic heterocycles. The van der Waals surface area contributed by atoms with Gasteiger partial charge in [0.1, 0.15) is 0 Å². The van der Waals surface area contributed by atoms with Gasteiger partial charge in [0.2, 0.25) is 0 Å². The minimum atomic E-state index is -3.44. The van der Waals surface area contributed by atoms with Gasteiger partial charge in [0.25, 0.3) is 0 Å². The van der Waals surface area contributed by atoms with Crippen molar-refractivity contribution < 1.29 is 27.2 Å². The van der Waals surface area contributed by atoms with Gasteiger partial charge in [0, 0.05) is 0 Å². The molecule has 0 fully saturated rings. The van der Waals surface area contributed by atoms with Crippen LogP contribution in [0.2, 0.25) is 0 Å². The molecule has 0 N–H and O–H groups in total. The third kappa shape index (κ3) is 9.31. The van der Waals surface area contributed by atoms with E-state index in [2.05, 4.69) is 26.3 Å². The molecule has 126 valence electrons. The predicted molar refractivity (Wildman–Crippen MR) is 89.5 cm³/mol. The van der Waals surface area contributed by atoms with Crippen molar-refractivity contribution >= 4 is 15.2 Å². The van der Waals surface area contributed by atoms with Crippen LogP contribution in [0.5, 0.6) is 0 Å². The Balaban J connectivity index is 4.83. The van der Waals surface area contributed by atoms with Crippen LogP contribution in [0.3, 0.4) is 0 Å². The second-order valence-electron chi connectivity index (χ2n) is 4.01. The minimum absolute atomic E-state index is 0.0553. The molecular formula is C14H24O6P2. The maximum absolute atomic E-state index is 12.5. The van der Waals surface area contributed by atoms with Crippen LogP contribution >= 0.6 is 15.2 Å². The van der Waals surface area contributed by atoms with E-state index in [1.165, 1.54) is 24.3 Å². The number of hydrogen-bond acceptors (Lipinski definition) is 6. The summed E-state index contributed by atoms with van der Waals surface area (Å²) < 4.78 is 45.7. The summed E-state index contributed by atoms with van der Waals surface area (Å²) in [7, 11) is -6.88. The SMILES string of the molecule is C=CCOP(=O)(CCP(=O)(OCC=C)OCC=C)OCC=C. The monoisotopic (exact) mass is 350 g/mol. The zero-order chi connectivity index (χ0) is 16.9. The van der Waals surface area contributed by atoms with Crippen LogP contribution in [0.25, 0.3) is 0 Å². The Bertz CT molecular complexity index is 386. The molecule has 8 heteroatoms. The van der Waals surface area contributed by atoms with Crippen LogP contribution in [-0.4, -0.2) is 38.8 Å². The number of hydrogen-bond donors (Lipinski definition) is 0. The second-order valence-corrected chi connectivity index (χ2v) is 8.38. The lowest BCUT2D eigenvalue weighted by Crippen LogP contribution is -2.08. The van der Waals surface area contributed by atoms with Gasteiger partial charge in [-0.25, -0.2) is 0 Å². The van der Waals surface area contributed by atoms with Crippen LogP contribution in [0.15, 0.2) is 50.6 Å². The van der Waals surface area contributed by atoms with Crippen molar-refractivity contribution in [3.63, 3.8) is 0 Å². The smallest absolute Gasteiger partial charge is 0.304 e. The molecule has 0 spiro atoms. The highest BCUT2D eigenvalue weighted by molar-refractivity contribution is 7.58. The third-order valence-corrected chi connectivity index (χ3v) is 6.27. The maximum Gasteiger partial charge on any atom is 0.331 e. The molecule has 0 bridgehead atoms. The normalized spacial score (nSPS) is 11.8. The van der Waals surface area contributed by atoms with E-state index in [1.807, 2.05) is 0 Å². The molecule has 0 aliphatic carbocycles. The van der Waals surface area contributed by atoms with Crippen molar-refractivity contribution in [2.75, 3.05) is 38.8 Å². The Kier molecular flexibility index (Phi) is 11.4. The zero-order valence-electron chi connectivity index (χ0n) is 12.7. The molecule has 0 aliphatic rings. The molecule has 0 saturated carbocycles. The van der Waals surface area contributed by atoms with Crippen LogP contribution in [0.4, 0.5) is 0 Å². The summed E-state index contributed by atoms with van der Waals surface area (Å²) in [5.74, 6) is 0. The van der Waals surface area contributed by atoms with Crippen molar-refractivity contribution in [1.82, 2.24) is 0 Å². The topological polar surface area (TPSA) is 71.1 Å². The van der Waals surface area contributed by atoms with Gasteiger partial charge in [-0.15, -0.1) is 26.3 Å². The van der Waals surface area contributed by atoms with Crippen LogP contribution < -0.4 is 0 Å². The first-order valence-electron chi connectivity index (χ1n) is 6.65. The summed E-state index contributed by atoms with van der Waals surface area (Å²) in [5, 5.41) is 0. The highest BCUT2D eigenvalue weighted by atomic mass is 31.2. The first kappa shape index (κ1) is 21.3. The Morgan fingerprint density at radius 1 is 0.591 bits per heavy atom. The summed E-state index contributed by atoms with van der Waals surface area (Å²) in [6.45, 7) is 14.2. The highest BCUT2D eigenvalue weighted by Crippen LogP contribution is 2.55. The second kappa shape index (κ2) is 11.8. The Hall–Kier alpha value is -0.740. The molecule has 6 nitrogen and oxygen atoms in total. The van der Waals surface area contributed by atoms with Gasteiger partial charge in [-0.05, 0) is 0 Å². The van der Waals surface area contributed by atoms with E-state index >= 15 is 0 Å². The van der Waals surface area contributed by atoms with Crippen LogP contribution in [0, 0.1) is 0 Å². The first-order chi connectivity index (χ1) is 10.4. The van der Waals surface area contributed by atoms with Gasteiger partial charge >= 0.3 is 15.2 Å². The Morgan fingerprint density at radius 2 is 0.818 bits per heavy atom. The van der Waals surface area contributed by atoms with E-state index in [0.717, 1.165) is 0 Å². The fourth-order valence-corrected chi connectivity index (χ4v) is 5.20. The van der Waals surface area contributed by atoms with Gasteiger partial charge in [0.15, 0.2) is 0 Å². The van der Waals surface area contributed by atoms with E-state index < -0.39 is 15.2 Å². The summed E-state index contributed by atoms with van der Waals surface area (Å²) in [6.07, 6.45) is 5.58. The average Bonchev–Trinajstić information content (AvgIpc) is 2.53. The van der Waals surface area contributed by atoms with Crippen molar-refractivity contribution in [2.45, 2.75) is 0 Å². The van der Waals surface area contributed by atoms with Crippen molar-refractivity contribution in [1.29, 1.82) is 0 Å². The standard InChI is InChI=1S/C14H24O6P2/c1-5-9-17-21(15,18-10-6-2)13-14-22(16,19-11-7-3)20-12-8-4/h5-8H,1-4,9-14H2. The molecule has 0 unspecified atom stereocenters. The molecule has 0 rings (SSSR count). The first-order valence-corrected chi connectivity index (χ1v) is 10.1. The zero-order valence-corrected chi connectivity index (χ0v) is 14.5. The molecule has 22 heavy (non-hydrogen) atoms. The van der Waals surface area contributed by atoms with E-state index in [0.29, 0.717) is 0 Å². The molecule has 0 aromatic heterocycles. The van der Waals surface area contributed by atoms with Crippen LogP contribution in [0.1, 0.15) is 0 Å². The van der Waals surface area contributed by atoms with Crippen LogP contribution in [-0.2, 0) is 27.2 Å². The van der Waals surface area contributed by atoms with Gasteiger partial charge in [-0.3, -0.25) is 9.13 Å². The average molecular weight is 350 g/mol.